The van der Waals surface area contributed by atoms with Crippen LogP contribution in [0.5, 0.6) is 0 Å². The molecular weight excluding hydrogens is 341 g/mol. The number of carbonyl (C=O) groups is 1. The highest BCUT2D eigenvalue weighted by molar-refractivity contribution is 6.63. The van der Waals surface area contributed by atoms with Gasteiger partial charge in [-0.1, -0.05) is 30.3 Å². The van der Waals surface area contributed by atoms with Gasteiger partial charge in [-0.25, -0.2) is 4.99 Å². The highest BCUT2D eigenvalue weighted by Crippen LogP contribution is 2.24. The maximum absolute atomic E-state index is 12.9. The normalized spacial score (nSPS) is 13.9. The average molecular weight is 359 g/mol. The summed E-state index contributed by atoms with van der Waals surface area (Å²) in [5.41, 5.74) is 8.81. The molecule has 1 aromatic heterocycles. The van der Waals surface area contributed by atoms with E-state index in [2.05, 4.69) is 9.98 Å². The number of aromatic nitrogens is 1. The van der Waals surface area contributed by atoms with Crippen LogP contribution in [0.25, 0.3) is 10.8 Å². The van der Waals surface area contributed by atoms with Gasteiger partial charge in [-0.15, -0.1) is 0 Å². The Morgan fingerprint density at radius 1 is 1.19 bits per heavy atom. The van der Waals surface area contributed by atoms with Crippen LogP contribution < -0.4 is 11.2 Å². The molecule has 0 saturated carbocycles. The van der Waals surface area contributed by atoms with Crippen LogP contribution in [0, 0.1) is 0 Å². The Bertz CT molecular complexity index is 1040. The van der Waals surface area contributed by atoms with Crippen molar-refractivity contribution in [2.24, 2.45) is 10.7 Å². The van der Waals surface area contributed by atoms with Gasteiger partial charge in [-0.2, -0.15) is 0 Å². The maximum atomic E-state index is 12.9. The molecule has 134 valence electrons. The number of benzene rings is 2. The summed E-state index contributed by atoms with van der Waals surface area (Å²) in [7, 11) is -1.04. The highest BCUT2D eigenvalue weighted by atomic mass is 16.5. The van der Waals surface area contributed by atoms with E-state index in [0.717, 1.165) is 21.9 Å². The van der Waals surface area contributed by atoms with E-state index in [1.165, 1.54) is 6.40 Å². The van der Waals surface area contributed by atoms with E-state index in [0.29, 0.717) is 17.6 Å². The second-order valence-corrected chi connectivity index (χ2v) is 6.53. The van der Waals surface area contributed by atoms with Gasteiger partial charge in [0.15, 0.2) is 6.40 Å². The molecule has 0 radical (unpaired) electrons. The minimum Gasteiger partial charge on any atom is -0.524 e. The first-order valence-electron chi connectivity index (χ1n) is 8.71. The number of ketones is 1. The van der Waals surface area contributed by atoms with Gasteiger partial charge < -0.3 is 15.4 Å². The van der Waals surface area contributed by atoms with Crippen molar-refractivity contribution >= 4 is 41.2 Å². The van der Waals surface area contributed by atoms with Crippen LogP contribution in [-0.2, 0) is 15.9 Å². The third-order valence-electron chi connectivity index (χ3n) is 4.81. The monoisotopic (exact) mass is 359 g/mol. The van der Waals surface area contributed by atoms with E-state index in [9.17, 15) is 9.82 Å². The lowest BCUT2D eigenvalue weighted by molar-refractivity contribution is -0.119. The number of fused-ring (bicyclic) bond motifs is 2. The summed E-state index contributed by atoms with van der Waals surface area (Å²) < 4.78 is 4.96. The molecule has 0 amide bonds. The predicted octanol–water partition coefficient (Wildman–Crippen LogP) is 1.47. The molecule has 1 aliphatic heterocycles. The predicted molar refractivity (Wildman–Crippen MR) is 106 cm³/mol. The summed E-state index contributed by atoms with van der Waals surface area (Å²) >= 11 is 0. The second-order valence-electron chi connectivity index (χ2n) is 6.53. The zero-order valence-electron chi connectivity index (χ0n) is 14.6. The molecule has 4 rings (SSSR count). The topological polar surface area (TPSA) is 97.8 Å². The van der Waals surface area contributed by atoms with Crippen LogP contribution in [0.1, 0.15) is 17.0 Å². The largest absolute Gasteiger partial charge is 0.562 e. The second kappa shape index (κ2) is 7.30. The van der Waals surface area contributed by atoms with Gasteiger partial charge in [0.05, 0.1) is 11.6 Å². The van der Waals surface area contributed by atoms with Crippen LogP contribution in [-0.4, -0.2) is 35.9 Å². The molecule has 0 spiro atoms. The van der Waals surface area contributed by atoms with E-state index in [-0.39, 0.29) is 12.3 Å². The summed E-state index contributed by atoms with van der Waals surface area (Å²) in [6.45, 7) is 0.206. The van der Waals surface area contributed by atoms with E-state index >= 15 is 0 Å². The standard InChI is InChI=1S/C20H18BN3O3/c22-10-17(15-3-4-18-19(9-15)24-12-27-21(18)26)20(25)8-13-1-2-16-11-23-6-5-14(16)7-13/h1-7,9,11-12,17,26H,8,10,22H2/t17-/m1/s1. The average Bonchev–Trinajstić information content (AvgIpc) is 2.68. The van der Waals surface area contributed by atoms with Crippen LogP contribution in [0.3, 0.4) is 0 Å². The summed E-state index contributed by atoms with van der Waals surface area (Å²) in [5.74, 6) is -0.388. The molecule has 0 unspecified atom stereocenters. The van der Waals surface area contributed by atoms with Crippen molar-refractivity contribution in [2.75, 3.05) is 6.54 Å². The van der Waals surface area contributed by atoms with Crippen molar-refractivity contribution in [1.29, 1.82) is 0 Å². The van der Waals surface area contributed by atoms with Gasteiger partial charge in [-0.05, 0) is 28.6 Å². The van der Waals surface area contributed by atoms with E-state index in [1.54, 1.807) is 30.6 Å². The minimum atomic E-state index is -1.04. The molecule has 1 aliphatic rings. The lowest BCUT2D eigenvalue weighted by atomic mass is 9.76. The number of hydrogen-bond acceptors (Lipinski definition) is 6. The molecule has 2 heterocycles. The van der Waals surface area contributed by atoms with E-state index in [4.69, 9.17) is 10.4 Å². The van der Waals surface area contributed by atoms with Crippen LogP contribution in [0.15, 0.2) is 59.9 Å². The Morgan fingerprint density at radius 3 is 2.93 bits per heavy atom. The van der Waals surface area contributed by atoms with Crippen molar-refractivity contribution in [3.8, 4) is 0 Å². The Labute approximate surface area is 156 Å². The summed E-state index contributed by atoms with van der Waals surface area (Å²) in [6.07, 6.45) is 5.05. The Kier molecular flexibility index (Phi) is 4.70. The highest BCUT2D eigenvalue weighted by Gasteiger charge is 2.27. The molecular formula is C20H18BN3O3. The summed E-state index contributed by atoms with van der Waals surface area (Å²) in [4.78, 5) is 21.1. The molecule has 0 fully saturated rings. The third-order valence-corrected chi connectivity index (χ3v) is 4.81. The molecule has 0 saturated heterocycles. The molecule has 3 N–H and O–H groups in total. The zero-order chi connectivity index (χ0) is 18.8. The molecule has 7 heteroatoms. The first kappa shape index (κ1) is 17.4. The molecule has 0 aliphatic carbocycles. The number of nitrogens with two attached hydrogens (primary N) is 1. The molecule has 27 heavy (non-hydrogen) atoms. The number of aliphatic imine (C=N–C) groups is 1. The zero-order valence-corrected chi connectivity index (χ0v) is 14.6. The lowest BCUT2D eigenvalue weighted by Crippen LogP contribution is -2.36. The molecule has 3 aromatic rings. The first-order chi connectivity index (χ1) is 13.2. The molecule has 6 nitrogen and oxygen atoms in total. The van der Waals surface area contributed by atoms with Crippen molar-refractivity contribution in [3.05, 3.63) is 66.0 Å². The number of pyridine rings is 1. The maximum Gasteiger partial charge on any atom is 0.562 e. The fourth-order valence-electron chi connectivity index (χ4n) is 3.34. The first-order valence-corrected chi connectivity index (χ1v) is 8.71. The van der Waals surface area contributed by atoms with Crippen molar-refractivity contribution < 1.29 is 14.5 Å². The molecule has 2 aromatic carbocycles. The Morgan fingerprint density at radius 2 is 2.07 bits per heavy atom. The van der Waals surface area contributed by atoms with Gasteiger partial charge in [-0.3, -0.25) is 9.78 Å². The number of hydrogen-bond donors (Lipinski definition) is 2. The lowest BCUT2D eigenvalue weighted by Gasteiger charge is -2.18. The van der Waals surface area contributed by atoms with Crippen LogP contribution >= 0.6 is 0 Å². The molecule has 1 atom stereocenters. The fourth-order valence-corrected chi connectivity index (χ4v) is 3.34. The van der Waals surface area contributed by atoms with Crippen molar-refractivity contribution in [3.63, 3.8) is 0 Å². The van der Waals surface area contributed by atoms with Crippen molar-refractivity contribution in [1.82, 2.24) is 4.98 Å². The fraction of sp³-hybridized carbons (Fsp3) is 0.150. The van der Waals surface area contributed by atoms with Gasteiger partial charge in [0.2, 0.25) is 0 Å². The van der Waals surface area contributed by atoms with Crippen molar-refractivity contribution in [2.45, 2.75) is 12.3 Å². The number of rotatable bonds is 5. The number of Topliss-reactive ketones (excluding diaryl/α,β-unsaturated/α-hetero) is 1. The van der Waals surface area contributed by atoms with Gasteiger partial charge in [0, 0.05) is 36.2 Å². The van der Waals surface area contributed by atoms with E-state index in [1.807, 2.05) is 24.3 Å². The number of nitrogens with zero attached hydrogens (tertiary/aromatic N) is 2. The van der Waals surface area contributed by atoms with Crippen LogP contribution in [0.4, 0.5) is 5.69 Å². The van der Waals surface area contributed by atoms with Gasteiger partial charge >= 0.3 is 7.12 Å². The summed E-state index contributed by atoms with van der Waals surface area (Å²) in [6, 6.07) is 13.2. The smallest absolute Gasteiger partial charge is 0.524 e. The van der Waals surface area contributed by atoms with Gasteiger partial charge in [0.1, 0.15) is 5.78 Å². The Hall–Kier alpha value is -3.03. The minimum absolute atomic E-state index is 0.0439. The number of carbonyl (C=O) groups excluding carboxylic acids is 1. The third kappa shape index (κ3) is 3.47. The van der Waals surface area contributed by atoms with Gasteiger partial charge in [0.25, 0.3) is 0 Å². The quantitative estimate of drug-likeness (QED) is 0.673. The molecule has 0 bridgehead atoms. The Balaban J connectivity index is 1.58. The SMILES string of the molecule is NC[C@@H](C(=O)Cc1ccc2cnccc2c1)c1ccc2c(c1)N=COB2O. The van der Waals surface area contributed by atoms with Crippen LogP contribution in [0.2, 0.25) is 0 Å². The summed E-state index contributed by atoms with van der Waals surface area (Å²) in [5, 5.41) is 11.9. The van der Waals surface area contributed by atoms with E-state index < -0.39 is 13.0 Å².